The monoisotopic (exact) mass is 338 g/mol. The van der Waals surface area contributed by atoms with Crippen LogP contribution in [0.2, 0.25) is 0 Å². The van der Waals surface area contributed by atoms with E-state index in [0.29, 0.717) is 5.13 Å². The second-order valence-corrected chi connectivity index (χ2v) is 7.82. The highest BCUT2D eigenvalue weighted by molar-refractivity contribution is 9.10. The number of nitrogen functional groups attached to an aromatic ring is 1. The van der Waals surface area contributed by atoms with Crippen molar-refractivity contribution in [2.24, 2.45) is 0 Å². The summed E-state index contributed by atoms with van der Waals surface area (Å²) in [6, 6.07) is 6.46. The summed E-state index contributed by atoms with van der Waals surface area (Å²) < 4.78 is 1.15. The van der Waals surface area contributed by atoms with Gasteiger partial charge in [-0.3, -0.25) is 0 Å². The third-order valence-corrected chi connectivity index (χ3v) is 4.61. The standard InChI is InChI=1S/C15H19BrN2S/c1-9-5-6-10(11(16)7-9)8-12-13(15(2,3)4)18-14(17)19-12/h5-7H,8H2,1-4H3,(H2,17,18). The van der Waals surface area contributed by atoms with Crippen molar-refractivity contribution < 1.29 is 0 Å². The first-order valence-electron chi connectivity index (χ1n) is 6.28. The Kier molecular flexibility index (Phi) is 4.02. The van der Waals surface area contributed by atoms with E-state index in [1.165, 1.54) is 16.0 Å². The van der Waals surface area contributed by atoms with Gasteiger partial charge < -0.3 is 5.73 Å². The number of hydrogen-bond acceptors (Lipinski definition) is 3. The first-order valence-corrected chi connectivity index (χ1v) is 7.89. The molecule has 2 nitrogen and oxygen atoms in total. The Morgan fingerprint density at radius 1 is 1.32 bits per heavy atom. The van der Waals surface area contributed by atoms with Gasteiger partial charge in [0.15, 0.2) is 5.13 Å². The lowest BCUT2D eigenvalue weighted by atomic mass is 9.90. The van der Waals surface area contributed by atoms with Gasteiger partial charge in [0, 0.05) is 21.2 Å². The van der Waals surface area contributed by atoms with Crippen molar-refractivity contribution in [3.63, 3.8) is 0 Å². The minimum absolute atomic E-state index is 0.0284. The van der Waals surface area contributed by atoms with E-state index >= 15 is 0 Å². The molecule has 0 aliphatic carbocycles. The molecule has 0 bridgehead atoms. The van der Waals surface area contributed by atoms with Crippen LogP contribution in [0.4, 0.5) is 5.13 Å². The van der Waals surface area contributed by atoms with Crippen LogP contribution in [-0.4, -0.2) is 4.98 Å². The Balaban J connectivity index is 2.38. The van der Waals surface area contributed by atoms with Gasteiger partial charge >= 0.3 is 0 Å². The highest BCUT2D eigenvalue weighted by atomic mass is 79.9. The van der Waals surface area contributed by atoms with Crippen LogP contribution >= 0.6 is 27.3 Å². The Labute approximate surface area is 127 Å². The van der Waals surface area contributed by atoms with Gasteiger partial charge in [0.05, 0.1) is 5.69 Å². The van der Waals surface area contributed by atoms with E-state index in [4.69, 9.17) is 5.73 Å². The highest BCUT2D eigenvalue weighted by Gasteiger charge is 2.23. The van der Waals surface area contributed by atoms with E-state index in [1.807, 2.05) is 0 Å². The van der Waals surface area contributed by atoms with Crippen molar-refractivity contribution in [1.29, 1.82) is 0 Å². The van der Waals surface area contributed by atoms with Gasteiger partial charge in [-0.15, -0.1) is 11.3 Å². The molecule has 0 amide bonds. The smallest absolute Gasteiger partial charge is 0.180 e. The summed E-state index contributed by atoms with van der Waals surface area (Å²) >= 11 is 5.23. The predicted molar refractivity (Wildman–Crippen MR) is 86.9 cm³/mol. The van der Waals surface area contributed by atoms with Crippen molar-refractivity contribution in [1.82, 2.24) is 4.98 Å². The molecule has 0 aliphatic heterocycles. The van der Waals surface area contributed by atoms with Gasteiger partial charge in [-0.25, -0.2) is 4.98 Å². The van der Waals surface area contributed by atoms with Gasteiger partial charge in [-0.1, -0.05) is 48.8 Å². The third kappa shape index (κ3) is 3.37. The second-order valence-electron chi connectivity index (χ2n) is 5.85. The molecule has 2 rings (SSSR count). The fraction of sp³-hybridized carbons (Fsp3) is 0.400. The fourth-order valence-corrected chi connectivity index (χ4v) is 3.74. The molecule has 4 heteroatoms. The predicted octanol–water partition coefficient (Wildman–Crippen LogP) is 4.68. The molecule has 2 aromatic rings. The van der Waals surface area contributed by atoms with Gasteiger partial charge in [-0.2, -0.15) is 0 Å². The molecule has 0 unspecified atom stereocenters. The maximum Gasteiger partial charge on any atom is 0.180 e. The van der Waals surface area contributed by atoms with Crippen LogP contribution in [0, 0.1) is 6.92 Å². The van der Waals surface area contributed by atoms with Crippen molar-refractivity contribution in [3.8, 4) is 0 Å². The SMILES string of the molecule is Cc1ccc(Cc2sc(N)nc2C(C)(C)C)c(Br)c1. The quantitative estimate of drug-likeness (QED) is 0.862. The van der Waals surface area contributed by atoms with Crippen LogP contribution in [0.15, 0.2) is 22.7 Å². The normalized spacial score (nSPS) is 11.8. The molecule has 2 N–H and O–H groups in total. The molecule has 102 valence electrons. The number of aryl methyl sites for hydroxylation is 1. The number of aromatic nitrogens is 1. The Bertz CT molecular complexity index is 597. The summed E-state index contributed by atoms with van der Waals surface area (Å²) in [5, 5.41) is 0.656. The van der Waals surface area contributed by atoms with Crippen molar-refractivity contribution in [2.75, 3.05) is 5.73 Å². The van der Waals surface area contributed by atoms with Crippen molar-refractivity contribution in [3.05, 3.63) is 44.4 Å². The lowest BCUT2D eigenvalue weighted by molar-refractivity contribution is 0.568. The summed E-state index contributed by atoms with van der Waals surface area (Å²) in [5.41, 5.74) is 9.57. The zero-order valence-electron chi connectivity index (χ0n) is 11.7. The molecule has 0 atom stereocenters. The fourth-order valence-electron chi connectivity index (χ4n) is 2.04. The van der Waals surface area contributed by atoms with Gasteiger partial charge in [0.25, 0.3) is 0 Å². The number of thiazole rings is 1. The number of rotatable bonds is 2. The molecule has 0 saturated heterocycles. The van der Waals surface area contributed by atoms with Crippen LogP contribution in [0.25, 0.3) is 0 Å². The Hall–Kier alpha value is -0.870. The molecular weight excluding hydrogens is 320 g/mol. The molecule has 19 heavy (non-hydrogen) atoms. The molecule has 0 fully saturated rings. The lowest BCUT2D eigenvalue weighted by Crippen LogP contribution is -2.14. The molecule has 1 aromatic carbocycles. The van der Waals surface area contributed by atoms with Crippen LogP contribution in [0.3, 0.4) is 0 Å². The maximum absolute atomic E-state index is 5.89. The van der Waals surface area contributed by atoms with E-state index in [9.17, 15) is 0 Å². The zero-order valence-corrected chi connectivity index (χ0v) is 14.2. The van der Waals surface area contributed by atoms with E-state index < -0.39 is 0 Å². The van der Waals surface area contributed by atoms with Crippen LogP contribution in [0.1, 0.15) is 42.5 Å². The zero-order chi connectivity index (χ0) is 14.2. The minimum Gasteiger partial charge on any atom is -0.375 e. The molecular formula is C15H19BrN2S. The van der Waals surface area contributed by atoms with Crippen LogP contribution in [-0.2, 0) is 11.8 Å². The Morgan fingerprint density at radius 3 is 2.58 bits per heavy atom. The molecule has 0 saturated carbocycles. The second kappa shape index (κ2) is 5.25. The average molecular weight is 339 g/mol. The topological polar surface area (TPSA) is 38.9 Å². The van der Waals surface area contributed by atoms with E-state index in [-0.39, 0.29) is 5.41 Å². The largest absolute Gasteiger partial charge is 0.375 e. The van der Waals surface area contributed by atoms with Crippen molar-refractivity contribution in [2.45, 2.75) is 39.5 Å². The number of anilines is 1. The first kappa shape index (κ1) is 14.5. The molecule has 0 spiro atoms. The summed E-state index contributed by atoms with van der Waals surface area (Å²) in [7, 11) is 0. The van der Waals surface area contributed by atoms with Crippen LogP contribution < -0.4 is 5.73 Å². The summed E-state index contributed by atoms with van der Waals surface area (Å²) in [5.74, 6) is 0. The molecule has 0 aliphatic rings. The van der Waals surface area contributed by atoms with E-state index in [2.05, 4.69) is 66.8 Å². The Morgan fingerprint density at radius 2 is 2.00 bits per heavy atom. The number of benzene rings is 1. The number of nitrogens with two attached hydrogens (primary N) is 1. The number of halogens is 1. The molecule has 1 heterocycles. The number of hydrogen-bond donors (Lipinski definition) is 1. The van der Waals surface area contributed by atoms with E-state index in [0.717, 1.165) is 16.6 Å². The summed E-state index contributed by atoms with van der Waals surface area (Å²) in [4.78, 5) is 5.77. The maximum atomic E-state index is 5.89. The average Bonchev–Trinajstić information content (AvgIpc) is 2.63. The lowest BCUT2D eigenvalue weighted by Gasteiger charge is -2.17. The van der Waals surface area contributed by atoms with Crippen molar-refractivity contribution >= 4 is 32.4 Å². The van der Waals surface area contributed by atoms with Gasteiger partial charge in [-0.05, 0) is 24.1 Å². The van der Waals surface area contributed by atoms with E-state index in [1.54, 1.807) is 11.3 Å². The number of nitrogens with zero attached hydrogens (tertiary/aromatic N) is 1. The highest BCUT2D eigenvalue weighted by Crippen LogP contribution is 2.33. The molecule has 1 aromatic heterocycles. The summed E-state index contributed by atoms with van der Waals surface area (Å²) in [6.45, 7) is 8.62. The first-order chi connectivity index (χ1) is 8.77. The summed E-state index contributed by atoms with van der Waals surface area (Å²) in [6.07, 6.45) is 0.877. The van der Waals surface area contributed by atoms with Gasteiger partial charge in [0.1, 0.15) is 0 Å². The van der Waals surface area contributed by atoms with Crippen LogP contribution in [0.5, 0.6) is 0 Å². The molecule has 0 radical (unpaired) electrons. The van der Waals surface area contributed by atoms with Gasteiger partial charge in [0.2, 0.25) is 0 Å². The third-order valence-electron chi connectivity index (χ3n) is 2.98. The minimum atomic E-state index is 0.0284.